The van der Waals surface area contributed by atoms with Crippen LogP contribution in [0.4, 0.5) is 5.69 Å². The van der Waals surface area contributed by atoms with E-state index in [1.807, 2.05) is 30.3 Å². The van der Waals surface area contributed by atoms with E-state index in [1.165, 1.54) is 0 Å². The molecule has 0 amide bonds. The van der Waals surface area contributed by atoms with E-state index in [2.05, 4.69) is 10.1 Å². The van der Waals surface area contributed by atoms with Crippen molar-refractivity contribution in [3.8, 4) is 17.2 Å². The number of nitrogen functional groups attached to an aromatic ring is 1. The molecule has 0 fully saturated rings. The van der Waals surface area contributed by atoms with Gasteiger partial charge in [-0.1, -0.05) is 35.0 Å². The number of ether oxygens (including phenoxy) is 1. The lowest BCUT2D eigenvalue weighted by molar-refractivity contribution is 0.287. The molecule has 2 aromatic carbocycles. The normalized spacial score (nSPS) is 10.5. The van der Waals surface area contributed by atoms with E-state index >= 15 is 0 Å². The molecule has 0 aliphatic carbocycles. The second-order valence-electron chi connectivity index (χ2n) is 4.36. The zero-order chi connectivity index (χ0) is 14.7. The number of hydrogen-bond acceptors (Lipinski definition) is 5. The van der Waals surface area contributed by atoms with Crippen molar-refractivity contribution in [2.24, 2.45) is 0 Å². The first-order valence-electron chi connectivity index (χ1n) is 6.28. The number of aromatic nitrogens is 2. The van der Waals surface area contributed by atoms with Gasteiger partial charge in [0.15, 0.2) is 6.61 Å². The Balaban J connectivity index is 1.72. The van der Waals surface area contributed by atoms with Crippen LogP contribution in [0.1, 0.15) is 5.82 Å². The molecular formula is C15H12ClN3O2. The number of nitrogens with zero attached hydrogens (tertiary/aromatic N) is 2. The minimum Gasteiger partial charge on any atom is -0.485 e. The van der Waals surface area contributed by atoms with E-state index in [1.54, 1.807) is 18.2 Å². The van der Waals surface area contributed by atoms with Crippen LogP contribution in [-0.2, 0) is 6.61 Å². The predicted molar refractivity (Wildman–Crippen MR) is 79.9 cm³/mol. The van der Waals surface area contributed by atoms with E-state index in [0.717, 1.165) is 0 Å². The van der Waals surface area contributed by atoms with Crippen molar-refractivity contribution in [1.82, 2.24) is 10.1 Å². The molecule has 0 saturated heterocycles. The third-order valence-corrected chi connectivity index (χ3v) is 3.13. The van der Waals surface area contributed by atoms with Gasteiger partial charge in [0.2, 0.25) is 5.82 Å². The SMILES string of the molecule is Nc1cccc(OCc2noc(-c3ccccc3Cl)n2)c1. The largest absolute Gasteiger partial charge is 0.485 e. The Morgan fingerprint density at radius 2 is 2.00 bits per heavy atom. The zero-order valence-electron chi connectivity index (χ0n) is 11.0. The van der Waals surface area contributed by atoms with Gasteiger partial charge in [0.25, 0.3) is 5.89 Å². The van der Waals surface area contributed by atoms with Crippen molar-refractivity contribution in [3.63, 3.8) is 0 Å². The summed E-state index contributed by atoms with van der Waals surface area (Å²) in [5, 5.41) is 4.43. The van der Waals surface area contributed by atoms with Gasteiger partial charge in [-0.15, -0.1) is 0 Å². The van der Waals surface area contributed by atoms with Crippen molar-refractivity contribution in [3.05, 3.63) is 59.4 Å². The molecule has 0 spiro atoms. The monoisotopic (exact) mass is 301 g/mol. The molecule has 0 unspecified atom stereocenters. The van der Waals surface area contributed by atoms with Crippen molar-refractivity contribution >= 4 is 17.3 Å². The van der Waals surface area contributed by atoms with Crippen LogP contribution >= 0.6 is 11.6 Å². The fourth-order valence-electron chi connectivity index (χ4n) is 1.81. The number of halogens is 1. The number of nitrogens with two attached hydrogens (primary N) is 1. The lowest BCUT2D eigenvalue weighted by atomic mass is 10.2. The molecule has 0 bridgehead atoms. The molecule has 0 aliphatic rings. The minimum absolute atomic E-state index is 0.192. The highest BCUT2D eigenvalue weighted by molar-refractivity contribution is 6.33. The van der Waals surface area contributed by atoms with Crippen molar-refractivity contribution < 1.29 is 9.26 Å². The van der Waals surface area contributed by atoms with Gasteiger partial charge >= 0.3 is 0 Å². The topological polar surface area (TPSA) is 74.2 Å². The molecule has 0 saturated carbocycles. The molecule has 21 heavy (non-hydrogen) atoms. The number of rotatable bonds is 4. The van der Waals surface area contributed by atoms with E-state index < -0.39 is 0 Å². The summed E-state index contributed by atoms with van der Waals surface area (Å²) >= 11 is 6.09. The summed E-state index contributed by atoms with van der Waals surface area (Å²) in [6.07, 6.45) is 0. The number of anilines is 1. The summed E-state index contributed by atoms with van der Waals surface area (Å²) in [4.78, 5) is 4.26. The van der Waals surface area contributed by atoms with Crippen molar-refractivity contribution in [2.45, 2.75) is 6.61 Å². The molecule has 1 heterocycles. The van der Waals surface area contributed by atoms with Crippen LogP contribution in [0.2, 0.25) is 5.02 Å². The molecular weight excluding hydrogens is 290 g/mol. The zero-order valence-corrected chi connectivity index (χ0v) is 11.7. The minimum atomic E-state index is 0.192. The highest BCUT2D eigenvalue weighted by atomic mass is 35.5. The summed E-state index contributed by atoms with van der Waals surface area (Å²) in [6.45, 7) is 0.192. The van der Waals surface area contributed by atoms with Gasteiger partial charge in [0.1, 0.15) is 5.75 Å². The maximum absolute atomic E-state index is 6.09. The van der Waals surface area contributed by atoms with Crippen LogP contribution in [0.25, 0.3) is 11.5 Å². The van der Waals surface area contributed by atoms with Crippen LogP contribution in [0.5, 0.6) is 5.75 Å². The van der Waals surface area contributed by atoms with Crippen molar-refractivity contribution in [1.29, 1.82) is 0 Å². The summed E-state index contributed by atoms with van der Waals surface area (Å²) in [5.74, 6) is 1.46. The first-order chi connectivity index (χ1) is 10.2. The Kier molecular flexibility index (Phi) is 3.75. The van der Waals surface area contributed by atoms with E-state index in [9.17, 15) is 0 Å². The highest BCUT2D eigenvalue weighted by Crippen LogP contribution is 2.26. The third kappa shape index (κ3) is 3.14. The molecule has 0 aliphatic heterocycles. The fourth-order valence-corrected chi connectivity index (χ4v) is 2.03. The highest BCUT2D eigenvalue weighted by Gasteiger charge is 2.12. The second-order valence-corrected chi connectivity index (χ2v) is 4.76. The Morgan fingerprint density at radius 3 is 2.81 bits per heavy atom. The Hall–Kier alpha value is -2.53. The van der Waals surface area contributed by atoms with Gasteiger partial charge in [-0.3, -0.25) is 0 Å². The van der Waals surface area contributed by atoms with Gasteiger partial charge in [-0.2, -0.15) is 4.98 Å². The molecule has 3 rings (SSSR count). The Labute approximate surface area is 126 Å². The number of hydrogen-bond donors (Lipinski definition) is 1. The summed E-state index contributed by atoms with van der Waals surface area (Å²) in [5.41, 5.74) is 7.01. The lowest BCUT2D eigenvalue weighted by Crippen LogP contribution is -1.98. The average Bonchev–Trinajstić information content (AvgIpc) is 2.94. The van der Waals surface area contributed by atoms with Gasteiger partial charge < -0.3 is 15.0 Å². The van der Waals surface area contributed by atoms with Crippen molar-refractivity contribution in [2.75, 3.05) is 5.73 Å². The Bertz CT molecular complexity index is 758. The molecule has 6 heteroatoms. The van der Waals surface area contributed by atoms with Crippen LogP contribution in [0, 0.1) is 0 Å². The average molecular weight is 302 g/mol. The molecule has 0 atom stereocenters. The third-order valence-electron chi connectivity index (χ3n) is 2.80. The number of benzene rings is 2. The smallest absolute Gasteiger partial charge is 0.259 e. The van der Waals surface area contributed by atoms with Gasteiger partial charge in [0.05, 0.1) is 10.6 Å². The summed E-state index contributed by atoms with van der Waals surface area (Å²) in [6, 6.07) is 14.4. The van der Waals surface area contributed by atoms with Gasteiger partial charge in [-0.25, -0.2) is 0 Å². The second kappa shape index (κ2) is 5.85. The van der Waals surface area contributed by atoms with Crippen LogP contribution < -0.4 is 10.5 Å². The lowest BCUT2D eigenvalue weighted by Gasteiger charge is -2.03. The molecule has 0 radical (unpaired) electrons. The first-order valence-corrected chi connectivity index (χ1v) is 6.66. The molecule has 1 aromatic heterocycles. The molecule has 3 aromatic rings. The maximum atomic E-state index is 6.09. The standard InChI is InChI=1S/C15H12ClN3O2/c16-13-7-2-1-6-12(13)15-18-14(19-21-15)9-20-11-5-3-4-10(17)8-11/h1-8H,9,17H2. The van der Waals surface area contributed by atoms with Crippen LogP contribution in [-0.4, -0.2) is 10.1 Å². The van der Waals surface area contributed by atoms with Gasteiger partial charge in [-0.05, 0) is 24.3 Å². The maximum Gasteiger partial charge on any atom is 0.259 e. The Morgan fingerprint density at radius 1 is 1.14 bits per heavy atom. The predicted octanol–water partition coefficient (Wildman–Crippen LogP) is 3.55. The van der Waals surface area contributed by atoms with E-state index in [0.29, 0.717) is 33.7 Å². The fraction of sp³-hybridized carbons (Fsp3) is 0.0667. The van der Waals surface area contributed by atoms with E-state index in [4.69, 9.17) is 26.6 Å². The van der Waals surface area contributed by atoms with Crippen LogP contribution in [0.15, 0.2) is 53.1 Å². The summed E-state index contributed by atoms with van der Waals surface area (Å²) in [7, 11) is 0. The van der Waals surface area contributed by atoms with Gasteiger partial charge in [0, 0.05) is 11.8 Å². The molecule has 2 N–H and O–H groups in total. The first kappa shape index (κ1) is 13.5. The van der Waals surface area contributed by atoms with Crippen LogP contribution in [0.3, 0.4) is 0 Å². The quantitative estimate of drug-likeness (QED) is 0.746. The molecule has 5 nitrogen and oxygen atoms in total. The molecule has 106 valence electrons. The van der Waals surface area contributed by atoms with E-state index in [-0.39, 0.29) is 6.61 Å². The summed E-state index contributed by atoms with van der Waals surface area (Å²) < 4.78 is 10.7.